The van der Waals surface area contributed by atoms with Gasteiger partial charge in [0, 0.05) is 13.2 Å². The van der Waals surface area contributed by atoms with Crippen LogP contribution < -0.4 is 0 Å². The highest BCUT2D eigenvalue weighted by atomic mass is 19.4. The van der Waals surface area contributed by atoms with Crippen molar-refractivity contribution in [3.63, 3.8) is 0 Å². The average Bonchev–Trinajstić information content (AvgIpc) is 2.68. The van der Waals surface area contributed by atoms with E-state index in [0.29, 0.717) is 17.9 Å². The Bertz CT molecular complexity index is 538. The van der Waals surface area contributed by atoms with Gasteiger partial charge >= 0.3 is 12.1 Å². The number of alkyl halides is 3. The molecule has 0 fully saturated rings. The Morgan fingerprint density at radius 1 is 1.30 bits per heavy atom. The fraction of sp³-hybridized carbons (Fsp3) is 0.308. The quantitative estimate of drug-likeness (QED) is 0.926. The fourth-order valence-corrected chi connectivity index (χ4v) is 2.06. The van der Waals surface area contributed by atoms with Gasteiger partial charge in [-0.05, 0) is 17.7 Å². The molecule has 0 amide bonds. The third-order valence-electron chi connectivity index (χ3n) is 2.96. The molecule has 0 bridgehead atoms. The molecule has 2 rings (SSSR count). The number of rotatable bonds is 3. The number of carbonyl (C=O) groups is 1. The van der Waals surface area contributed by atoms with Gasteiger partial charge in [-0.1, -0.05) is 12.1 Å². The van der Waals surface area contributed by atoms with Crippen molar-refractivity contribution in [3.05, 3.63) is 41.6 Å². The maximum atomic E-state index is 12.5. The van der Waals surface area contributed by atoms with Crippen molar-refractivity contribution in [1.82, 2.24) is 9.80 Å². The van der Waals surface area contributed by atoms with Gasteiger partial charge in [0.1, 0.15) is 6.54 Å². The monoisotopic (exact) mass is 286 g/mol. The molecule has 7 heteroatoms. The number of carboxylic acids is 1. The minimum absolute atomic E-state index is 0.144. The van der Waals surface area contributed by atoms with E-state index in [4.69, 9.17) is 5.11 Å². The van der Waals surface area contributed by atoms with E-state index in [1.54, 1.807) is 23.0 Å². The first-order valence-electron chi connectivity index (χ1n) is 5.84. The molecule has 1 N–H and O–H groups in total. The predicted octanol–water partition coefficient (Wildman–Crippen LogP) is 2.29. The Balaban J connectivity index is 2.21. The van der Waals surface area contributed by atoms with Gasteiger partial charge < -0.3 is 14.9 Å². The largest absolute Gasteiger partial charge is 0.480 e. The van der Waals surface area contributed by atoms with Crippen LogP contribution in [-0.4, -0.2) is 41.1 Å². The van der Waals surface area contributed by atoms with Gasteiger partial charge in [0.15, 0.2) is 0 Å². The number of nitrogens with zero attached hydrogens (tertiary/aromatic N) is 2. The molecule has 0 aromatic heterocycles. The Morgan fingerprint density at radius 2 is 1.90 bits per heavy atom. The van der Waals surface area contributed by atoms with Crippen LogP contribution in [0.2, 0.25) is 0 Å². The van der Waals surface area contributed by atoms with Crippen molar-refractivity contribution < 1.29 is 23.1 Å². The van der Waals surface area contributed by atoms with Crippen LogP contribution in [0.25, 0.3) is 5.70 Å². The van der Waals surface area contributed by atoms with Gasteiger partial charge in [-0.15, -0.1) is 0 Å². The van der Waals surface area contributed by atoms with Crippen LogP contribution in [0.4, 0.5) is 13.2 Å². The lowest BCUT2D eigenvalue weighted by Gasteiger charge is -2.18. The standard InChI is InChI=1S/C13H13F3N2O2/c1-17-8-18(7-12(19)20)6-11(17)9-2-4-10(5-3-9)13(14,15)16/h2-6H,7-8H2,1H3,(H,19,20). The summed E-state index contributed by atoms with van der Waals surface area (Å²) < 4.78 is 37.4. The topological polar surface area (TPSA) is 43.8 Å². The molecular formula is C13H13F3N2O2. The van der Waals surface area contributed by atoms with Crippen molar-refractivity contribution in [2.24, 2.45) is 0 Å². The first-order chi connectivity index (χ1) is 9.27. The van der Waals surface area contributed by atoms with E-state index in [1.807, 2.05) is 0 Å². The second kappa shape index (κ2) is 5.07. The molecule has 108 valence electrons. The van der Waals surface area contributed by atoms with Gasteiger partial charge in [0.25, 0.3) is 0 Å². The zero-order valence-corrected chi connectivity index (χ0v) is 10.7. The average molecular weight is 286 g/mol. The summed E-state index contributed by atoms with van der Waals surface area (Å²) in [5.74, 6) is -0.955. The van der Waals surface area contributed by atoms with Crippen LogP contribution in [0.3, 0.4) is 0 Å². The summed E-state index contributed by atoms with van der Waals surface area (Å²) >= 11 is 0. The number of hydrogen-bond acceptors (Lipinski definition) is 3. The Morgan fingerprint density at radius 3 is 2.40 bits per heavy atom. The van der Waals surface area contributed by atoms with E-state index >= 15 is 0 Å². The molecule has 1 heterocycles. The lowest BCUT2D eigenvalue weighted by molar-refractivity contribution is -0.138. The summed E-state index contributed by atoms with van der Waals surface area (Å²) in [5, 5.41) is 8.73. The Hall–Kier alpha value is -2.18. The SMILES string of the molecule is CN1CN(CC(=O)O)C=C1c1ccc(C(F)(F)F)cc1. The van der Waals surface area contributed by atoms with Crippen LogP contribution in [0.15, 0.2) is 30.5 Å². The third kappa shape index (κ3) is 3.04. The predicted molar refractivity (Wildman–Crippen MR) is 66.4 cm³/mol. The van der Waals surface area contributed by atoms with Gasteiger partial charge in [-0.25, -0.2) is 0 Å². The molecule has 0 spiro atoms. The van der Waals surface area contributed by atoms with Crippen LogP contribution in [0.5, 0.6) is 0 Å². The molecule has 0 saturated heterocycles. The second-order valence-corrected chi connectivity index (χ2v) is 4.57. The number of carboxylic acid groups (broad SMARTS) is 1. The van der Waals surface area contributed by atoms with E-state index in [2.05, 4.69) is 0 Å². The Labute approximate surface area is 113 Å². The first-order valence-corrected chi connectivity index (χ1v) is 5.84. The lowest BCUT2D eigenvalue weighted by Crippen LogP contribution is -2.28. The first kappa shape index (κ1) is 14.2. The number of benzene rings is 1. The Kier molecular flexibility index (Phi) is 3.61. The summed E-state index contributed by atoms with van der Waals surface area (Å²) in [6.07, 6.45) is -2.72. The number of aliphatic carboxylic acids is 1. The number of hydrogen-bond donors (Lipinski definition) is 1. The highest BCUT2D eigenvalue weighted by molar-refractivity contribution is 5.71. The molecule has 0 atom stereocenters. The van der Waals surface area contributed by atoms with Crippen LogP contribution in [0, 0.1) is 0 Å². The van der Waals surface area contributed by atoms with Crippen molar-refractivity contribution in [2.75, 3.05) is 20.3 Å². The summed E-state index contributed by atoms with van der Waals surface area (Å²) in [6, 6.07) is 4.80. The molecule has 0 unspecified atom stereocenters. The normalized spacial score (nSPS) is 15.5. The maximum absolute atomic E-state index is 12.5. The summed E-state index contributed by atoms with van der Waals surface area (Å²) in [4.78, 5) is 14.0. The highest BCUT2D eigenvalue weighted by Crippen LogP contribution is 2.31. The van der Waals surface area contributed by atoms with Gasteiger partial charge in [0.2, 0.25) is 0 Å². The lowest BCUT2D eigenvalue weighted by atomic mass is 10.1. The zero-order chi connectivity index (χ0) is 14.9. The summed E-state index contributed by atoms with van der Waals surface area (Å²) in [5.41, 5.74) is 0.609. The van der Waals surface area contributed by atoms with Crippen LogP contribution in [-0.2, 0) is 11.0 Å². The second-order valence-electron chi connectivity index (χ2n) is 4.57. The summed E-state index contributed by atoms with van der Waals surface area (Å²) in [6.45, 7) is 0.247. The molecule has 20 heavy (non-hydrogen) atoms. The molecule has 1 aromatic rings. The van der Waals surface area contributed by atoms with Gasteiger partial charge in [0.05, 0.1) is 17.9 Å². The van der Waals surface area contributed by atoms with Gasteiger partial charge in [-0.2, -0.15) is 13.2 Å². The van der Waals surface area contributed by atoms with Crippen LogP contribution >= 0.6 is 0 Å². The molecule has 0 aliphatic carbocycles. The van der Waals surface area contributed by atoms with E-state index in [-0.39, 0.29) is 6.54 Å². The molecule has 1 aliphatic heterocycles. The minimum atomic E-state index is -4.36. The fourth-order valence-electron chi connectivity index (χ4n) is 2.06. The molecule has 0 saturated carbocycles. The molecule has 0 radical (unpaired) electrons. The van der Waals surface area contributed by atoms with E-state index in [9.17, 15) is 18.0 Å². The van der Waals surface area contributed by atoms with Crippen molar-refractivity contribution >= 4 is 11.7 Å². The van der Waals surface area contributed by atoms with E-state index < -0.39 is 17.7 Å². The smallest absolute Gasteiger partial charge is 0.416 e. The van der Waals surface area contributed by atoms with Gasteiger partial charge in [-0.3, -0.25) is 4.79 Å². The zero-order valence-electron chi connectivity index (χ0n) is 10.7. The van der Waals surface area contributed by atoms with Crippen molar-refractivity contribution in [1.29, 1.82) is 0 Å². The molecular weight excluding hydrogens is 273 g/mol. The minimum Gasteiger partial charge on any atom is -0.480 e. The highest BCUT2D eigenvalue weighted by Gasteiger charge is 2.30. The van der Waals surface area contributed by atoms with E-state index in [1.165, 1.54) is 12.1 Å². The molecule has 1 aliphatic rings. The van der Waals surface area contributed by atoms with Crippen molar-refractivity contribution in [2.45, 2.75) is 6.18 Å². The van der Waals surface area contributed by atoms with Crippen molar-refractivity contribution in [3.8, 4) is 0 Å². The number of halogens is 3. The summed E-state index contributed by atoms with van der Waals surface area (Å²) in [7, 11) is 1.76. The maximum Gasteiger partial charge on any atom is 0.416 e. The van der Waals surface area contributed by atoms with Crippen LogP contribution in [0.1, 0.15) is 11.1 Å². The van der Waals surface area contributed by atoms with E-state index in [0.717, 1.165) is 12.1 Å². The molecule has 1 aromatic carbocycles. The molecule has 4 nitrogen and oxygen atoms in total. The third-order valence-corrected chi connectivity index (χ3v) is 2.96.